The van der Waals surface area contributed by atoms with Crippen LogP contribution >= 0.6 is 11.3 Å². The van der Waals surface area contributed by atoms with Crippen molar-refractivity contribution in [2.24, 2.45) is 0 Å². The lowest BCUT2D eigenvalue weighted by atomic mass is 10.2. The van der Waals surface area contributed by atoms with Gasteiger partial charge in [-0.25, -0.2) is 14.0 Å². The molecule has 0 unspecified atom stereocenters. The number of thiophene rings is 1. The molecule has 1 aromatic heterocycles. The van der Waals surface area contributed by atoms with Crippen LogP contribution in [0.25, 0.3) is 0 Å². The van der Waals surface area contributed by atoms with Crippen molar-refractivity contribution < 1.29 is 55.3 Å². The average Bonchev–Trinajstić information content (AvgIpc) is 3.45. The van der Waals surface area contributed by atoms with Gasteiger partial charge in [0.2, 0.25) is 0 Å². The summed E-state index contributed by atoms with van der Waals surface area (Å²) in [5.41, 5.74) is 2.96. The average molecular weight is 624 g/mol. The lowest BCUT2D eigenvalue weighted by molar-refractivity contribution is -0.193. The number of carbonyl (C=O) groups is 3. The summed E-state index contributed by atoms with van der Waals surface area (Å²) in [6.45, 7) is 4.51. The number of hydrogen-bond acceptors (Lipinski definition) is 6. The molecule has 16 heteroatoms. The third-order valence-corrected chi connectivity index (χ3v) is 6.26. The number of aliphatic carboxylic acids is 2. The summed E-state index contributed by atoms with van der Waals surface area (Å²) in [4.78, 5) is 35.3. The second-order valence-corrected chi connectivity index (χ2v) is 9.42. The Labute approximate surface area is 238 Å². The number of anilines is 2. The Bertz CT molecular complexity index is 1290. The molecule has 2 heterocycles. The van der Waals surface area contributed by atoms with Crippen LogP contribution in [0.15, 0.2) is 66.0 Å². The summed E-state index contributed by atoms with van der Waals surface area (Å²) in [7, 11) is 0. The Morgan fingerprint density at radius 2 is 1.36 bits per heavy atom. The maximum atomic E-state index is 13.3. The predicted molar refractivity (Wildman–Crippen MR) is 140 cm³/mol. The van der Waals surface area contributed by atoms with E-state index in [0.29, 0.717) is 4.88 Å². The highest BCUT2D eigenvalue weighted by Crippen LogP contribution is 2.21. The number of nitrogens with one attached hydrogen (secondary N) is 1. The minimum Gasteiger partial charge on any atom is -0.475 e. The third-order valence-electron chi connectivity index (χ3n) is 5.39. The molecule has 1 amide bonds. The van der Waals surface area contributed by atoms with Crippen LogP contribution < -0.4 is 10.2 Å². The molecular weight excluding hydrogens is 599 g/mol. The first kappa shape index (κ1) is 34.0. The van der Waals surface area contributed by atoms with E-state index in [1.54, 1.807) is 12.1 Å². The van der Waals surface area contributed by atoms with Gasteiger partial charge in [-0.05, 0) is 53.4 Å². The molecule has 0 saturated carbocycles. The number of carboxylic acid groups (broad SMARTS) is 2. The van der Waals surface area contributed by atoms with Crippen molar-refractivity contribution in [3.8, 4) is 0 Å². The molecule has 1 saturated heterocycles. The Kier molecular flexibility index (Phi) is 12.3. The number of hydrogen-bond donors (Lipinski definition) is 3. The fourth-order valence-corrected chi connectivity index (χ4v) is 4.03. The molecule has 4 rings (SSSR count). The molecule has 3 N–H and O–H groups in total. The van der Waals surface area contributed by atoms with E-state index in [1.165, 1.54) is 17.4 Å². The van der Waals surface area contributed by atoms with Crippen molar-refractivity contribution in [1.29, 1.82) is 0 Å². The molecule has 1 aliphatic heterocycles. The van der Waals surface area contributed by atoms with Crippen LogP contribution in [0.2, 0.25) is 0 Å². The molecule has 1 aliphatic rings. The second-order valence-electron chi connectivity index (χ2n) is 8.48. The Balaban J connectivity index is 0.000000367. The van der Waals surface area contributed by atoms with Gasteiger partial charge in [-0.1, -0.05) is 18.2 Å². The van der Waals surface area contributed by atoms with E-state index in [-0.39, 0.29) is 11.7 Å². The lowest BCUT2D eigenvalue weighted by Gasteiger charge is -2.36. The number of rotatable bonds is 5. The van der Waals surface area contributed by atoms with Crippen LogP contribution in [-0.2, 0) is 16.1 Å². The second kappa shape index (κ2) is 15.2. The summed E-state index contributed by atoms with van der Waals surface area (Å²) < 4.78 is 76.8. The van der Waals surface area contributed by atoms with E-state index in [2.05, 4.69) is 15.1 Å². The predicted octanol–water partition coefficient (Wildman–Crippen LogP) is 5.73. The summed E-state index contributed by atoms with van der Waals surface area (Å²) in [5, 5.41) is 19.1. The van der Waals surface area contributed by atoms with Gasteiger partial charge >= 0.3 is 24.3 Å². The van der Waals surface area contributed by atoms with Gasteiger partial charge in [-0.2, -0.15) is 26.3 Å². The molecule has 2 aromatic carbocycles. The van der Waals surface area contributed by atoms with Crippen LogP contribution in [0.1, 0.15) is 15.2 Å². The molecule has 0 radical (unpaired) electrons. The largest absolute Gasteiger partial charge is 0.490 e. The normalized spacial score (nSPS) is 13.6. The van der Waals surface area contributed by atoms with Crippen molar-refractivity contribution in [3.63, 3.8) is 0 Å². The lowest BCUT2D eigenvalue weighted by Crippen LogP contribution is -2.45. The van der Waals surface area contributed by atoms with Gasteiger partial charge in [-0.3, -0.25) is 9.69 Å². The number of carbonyl (C=O) groups excluding carboxylic acids is 1. The number of amides is 1. The van der Waals surface area contributed by atoms with Gasteiger partial charge in [0.25, 0.3) is 5.91 Å². The summed E-state index contributed by atoms with van der Waals surface area (Å²) >= 11 is 1.43. The SMILES string of the molecule is O=C(Nc1ccc(N2CCN(Cc3cccc(F)c3)CC2)cc1)c1cccs1.O=C(O)C(F)(F)F.O=C(O)C(F)(F)F. The zero-order valence-electron chi connectivity index (χ0n) is 21.5. The first-order chi connectivity index (χ1) is 19.6. The first-order valence-corrected chi connectivity index (χ1v) is 12.7. The Hall–Kier alpha value is -4.18. The van der Waals surface area contributed by atoms with E-state index >= 15 is 0 Å². The Morgan fingerprint density at radius 3 is 1.81 bits per heavy atom. The van der Waals surface area contributed by atoms with E-state index in [1.807, 2.05) is 47.8 Å². The van der Waals surface area contributed by atoms with E-state index < -0.39 is 24.3 Å². The van der Waals surface area contributed by atoms with Gasteiger partial charge in [0.1, 0.15) is 5.82 Å². The van der Waals surface area contributed by atoms with Crippen molar-refractivity contribution in [2.45, 2.75) is 18.9 Å². The molecule has 8 nitrogen and oxygen atoms in total. The number of carboxylic acids is 2. The third kappa shape index (κ3) is 11.7. The molecule has 0 spiro atoms. The smallest absolute Gasteiger partial charge is 0.475 e. The maximum absolute atomic E-state index is 13.3. The van der Waals surface area contributed by atoms with E-state index in [9.17, 15) is 35.5 Å². The highest BCUT2D eigenvalue weighted by atomic mass is 32.1. The fourth-order valence-electron chi connectivity index (χ4n) is 3.41. The molecule has 42 heavy (non-hydrogen) atoms. The number of alkyl halides is 6. The monoisotopic (exact) mass is 623 g/mol. The molecule has 0 atom stereocenters. The molecule has 1 fully saturated rings. The molecule has 3 aromatic rings. The van der Waals surface area contributed by atoms with Crippen molar-refractivity contribution in [3.05, 3.63) is 82.3 Å². The van der Waals surface area contributed by atoms with Crippen LogP contribution in [-0.4, -0.2) is 71.5 Å². The summed E-state index contributed by atoms with van der Waals surface area (Å²) in [5.74, 6) is -5.77. The van der Waals surface area contributed by atoms with Crippen molar-refractivity contribution in [2.75, 3.05) is 36.4 Å². The molecular formula is C26H24F7N3O5S. The standard InChI is InChI=1S/C22H22FN3OS.2C2HF3O2/c23-18-4-1-3-17(15-18)16-25-10-12-26(13-11-25)20-8-6-19(7-9-20)24-22(27)21-5-2-14-28-21;2*3-2(4,5)1(6)7/h1-9,14-15H,10-13,16H2,(H,24,27);2*(H,6,7). The number of nitrogens with zero attached hydrogens (tertiary/aromatic N) is 2. The van der Waals surface area contributed by atoms with Gasteiger partial charge in [0, 0.05) is 44.1 Å². The minimum absolute atomic E-state index is 0.0753. The highest BCUT2D eigenvalue weighted by molar-refractivity contribution is 7.12. The summed E-state index contributed by atoms with van der Waals surface area (Å²) in [6, 6.07) is 18.5. The van der Waals surface area contributed by atoms with Gasteiger partial charge in [0.05, 0.1) is 4.88 Å². The van der Waals surface area contributed by atoms with Crippen LogP contribution in [0.5, 0.6) is 0 Å². The van der Waals surface area contributed by atoms with Crippen molar-refractivity contribution in [1.82, 2.24) is 4.90 Å². The minimum atomic E-state index is -5.08. The van der Waals surface area contributed by atoms with Crippen LogP contribution in [0.4, 0.5) is 42.1 Å². The molecule has 0 bridgehead atoms. The zero-order valence-corrected chi connectivity index (χ0v) is 22.3. The number of piperazine rings is 1. The van der Waals surface area contributed by atoms with Crippen LogP contribution in [0.3, 0.4) is 0 Å². The highest BCUT2D eigenvalue weighted by Gasteiger charge is 2.38. The maximum Gasteiger partial charge on any atom is 0.490 e. The van der Waals surface area contributed by atoms with Gasteiger partial charge in [-0.15, -0.1) is 11.3 Å². The fraction of sp³-hybridized carbons (Fsp3) is 0.269. The van der Waals surface area contributed by atoms with E-state index in [4.69, 9.17) is 19.8 Å². The quantitative estimate of drug-likeness (QED) is 0.312. The molecule has 228 valence electrons. The van der Waals surface area contributed by atoms with Crippen LogP contribution in [0, 0.1) is 5.82 Å². The van der Waals surface area contributed by atoms with Gasteiger partial charge in [0.15, 0.2) is 0 Å². The Morgan fingerprint density at radius 1 is 0.810 bits per heavy atom. The van der Waals surface area contributed by atoms with Gasteiger partial charge < -0.3 is 20.4 Å². The zero-order chi connectivity index (χ0) is 31.5. The van der Waals surface area contributed by atoms with E-state index in [0.717, 1.165) is 49.7 Å². The summed E-state index contributed by atoms with van der Waals surface area (Å²) in [6.07, 6.45) is -10.2. The molecule has 0 aliphatic carbocycles. The number of halogens is 7. The number of benzene rings is 2. The first-order valence-electron chi connectivity index (χ1n) is 11.8. The topological polar surface area (TPSA) is 110 Å². The van der Waals surface area contributed by atoms with Crippen molar-refractivity contribution >= 4 is 40.6 Å².